The smallest absolute Gasteiger partial charge is 0.163 e. The normalized spacial score (nSPS) is 18.5. The largest absolute Gasteiger partial charge is 0.497 e. The zero-order valence-corrected chi connectivity index (χ0v) is 21.3. The van der Waals surface area contributed by atoms with Crippen molar-refractivity contribution < 1.29 is 14.3 Å². The molecular formula is C29H30N2O3S. The summed E-state index contributed by atoms with van der Waals surface area (Å²) in [6.07, 6.45) is 1.35. The van der Waals surface area contributed by atoms with Crippen molar-refractivity contribution in [3.8, 4) is 11.5 Å². The molecule has 2 aliphatic rings. The Bertz CT molecular complexity index is 1300. The first-order chi connectivity index (χ1) is 16.9. The highest BCUT2D eigenvalue weighted by molar-refractivity contribution is 7.99. The van der Waals surface area contributed by atoms with Crippen molar-refractivity contribution in [1.29, 1.82) is 0 Å². The molecule has 3 aromatic rings. The molecule has 180 valence electrons. The van der Waals surface area contributed by atoms with E-state index in [9.17, 15) is 4.79 Å². The second kappa shape index (κ2) is 9.34. The van der Waals surface area contributed by atoms with Crippen LogP contribution < -0.4 is 20.1 Å². The van der Waals surface area contributed by atoms with Crippen LogP contribution in [-0.2, 0) is 4.79 Å². The second-order valence-electron chi connectivity index (χ2n) is 9.77. The van der Waals surface area contributed by atoms with Crippen LogP contribution in [-0.4, -0.2) is 20.0 Å². The number of methoxy groups -OCH3 is 2. The number of fused-ring (bicyclic) bond motifs is 1. The van der Waals surface area contributed by atoms with Crippen molar-refractivity contribution in [3.05, 3.63) is 83.6 Å². The molecule has 1 unspecified atom stereocenters. The molecule has 0 bridgehead atoms. The number of benzene rings is 3. The SMILES string of the molecule is COc1ccc(C2Nc3cc(Sc4ccccc4OC)ccc3NC3=C2C(=O)CC(C)(C)C3)cc1. The summed E-state index contributed by atoms with van der Waals surface area (Å²) in [4.78, 5) is 15.6. The minimum absolute atomic E-state index is 0.0858. The average molecular weight is 487 g/mol. The summed E-state index contributed by atoms with van der Waals surface area (Å²) in [5.41, 5.74) is 4.71. The van der Waals surface area contributed by atoms with Crippen LogP contribution in [0.3, 0.4) is 0 Å². The van der Waals surface area contributed by atoms with Crippen molar-refractivity contribution in [3.63, 3.8) is 0 Å². The number of carbonyl (C=O) groups excluding carboxylic acids is 1. The van der Waals surface area contributed by atoms with Gasteiger partial charge >= 0.3 is 0 Å². The van der Waals surface area contributed by atoms with Crippen LogP contribution in [0.5, 0.6) is 11.5 Å². The summed E-state index contributed by atoms with van der Waals surface area (Å²) < 4.78 is 10.9. The Morgan fingerprint density at radius 1 is 0.914 bits per heavy atom. The highest BCUT2D eigenvalue weighted by atomic mass is 32.2. The van der Waals surface area contributed by atoms with Gasteiger partial charge < -0.3 is 20.1 Å². The molecule has 0 fully saturated rings. The summed E-state index contributed by atoms with van der Waals surface area (Å²) in [5, 5.41) is 7.32. The molecule has 5 rings (SSSR count). The van der Waals surface area contributed by atoms with E-state index in [0.717, 1.165) is 55.9 Å². The maximum atomic E-state index is 13.5. The van der Waals surface area contributed by atoms with Gasteiger partial charge in [-0.15, -0.1) is 0 Å². The number of para-hydroxylation sites is 1. The zero-order valence-electron chi connectivity index (χ0n) is 20.5. The van der Waals surface area contributed by atoms with Crippen LogP contribution in [0, 0.1) is 5.41 Å². The summed E-state index contributed by atoms with van der Waals surface area (Å²) in [6.45, 7) is 4.32. The van der Waals surface area contributed by atoms with E-state index >= 15 is 0 Å². The molecule has 6 heteroatoms. The van der Waals surface area contributed by atoms with Crippen LogP contribution >= 0.6 is 11.8 Å². The monoisotopic (exact) mass is 486 g/mol. The first kappa shape index (κ1) is 23.4. The molecule has 1 aliphatic heterocycles. The quantitative estimate of drug-likeness (QED) is 0.402. The summed E-state index contributed by atoms with van der Waals surface area (Å²) >= 11 is 1.66. The number of allylic oxidation sites excluding steroid dienone is 1. The maximum Gasteiger partial charge on any atom is 0.163 e. The van der Waals surface area contributed by atoms with Crippen LogP contribution in [0.25, 0.3) is 0 Å². The number of ketones is 1. The van der Waals surface area contributed by atoms with Crippen LogP contribution in [0.4, 0.5) is 11.4 Å². The lowest BCUT2D eigenvalue weighted by Gasteiger charge is -2.34. The Hall–Kier alpha value is -3.38. The molecule has 0 radical (unpaired) electrons. The van der Waals surface area contributed by atoms with Crippen LogP contribution in [0.1, 0.15) is 38.3 Å². The number of nitrogens with one attached hydrogen (secondary N) is 2. The average Bonchev–Trinajstić information content (AvgIpc) is 3.00. The fraction of sp³-hybridized carbons (Fsp3) is 0.276. The number of hydrogen-bond donors (Lipinski definition) is 2. The first-order valence-electron chi connectivity index (χ1n) is 11.8. The topological polar surface area (TPSA) is 59.6 Å². The molecule has 0 aromatic heterocycles. The number of anilines is 2. The lowest BCUT2D eigenvalue weighted by molar-refractivity contribution is -0.118. The van der Waals surface area contributed by atoms with Gasteiger partial charge in [-0.3, -0.25) is 4.79 Å². The highest BCUT2D eigenvalue weighted by Crippen LogP contribution is 2.47. The van der Waals surface area contributed by atoms with E-state index in [1.807, 2.05) is 42.5 Å². The Kier molecular flexibility index (Phi) is 6.24. The third kappa shape index (κ3) is 4.76. The number of Topliss-reactive ketones (excluding diaryl/α,β-unsaturated/α-hetero) is 1. The Morgan fingerprint density at radius 2 is 1.69 bits per heavy atom. The molecule has 35 heavy (non-hydrogen) atoms. The van der Waals surface area contributed by atoms with E-state index in [0.29, 0.717) is 6.42 Å². The van der Waals surface area contributed by atoms with Crippen molar-refractivity contribution in [2.45, 2.75) is 42.5 Å². The highest BCUT2D eigenvalue weighted by Gasteiger charge is 2.38. The molecule has 3 aromatic carbocycles. The van der Waals surface area contributed by atoms with Gasteiger partial charge in [0, 0.05) is 22.6 Å². The fourth-order valence-corrected chi connectivity index (χ4v) is 5.83. The third-order valence-corrected chi connectivity index (χ3v) is 7.58. The van der Waals surface area contributed by atoms with Crippen molar-refractivity contribution >= 4 is 28.9 Å². The van der Waals surface area contributed by atoms with E-state index in [1.54, 1.807) is 26.0 Å². The van der Waals surface area contributed by atoms with E-state index < -0.39 is 0 Å². The van der Waals surface area contributed by atoms with Gasteiger partial charge in [0.1, 0.15) is 11.5 Å². The molecular weight excluding hydrogens is 456 g/mol. The van der Waals surface area contributed by atoms with Crippen molar-refractivity contribution in [1.82, 2.24) is 0 Å². The number of rotatable bonds is 5. The molecule has 2 N–H and O–H groups in total. The molecule has 0 saturated heterocycles. The summed E-state index contributed by atoms with van der Waals surface area (Å²) in [5.74, 6) is 1.83. The molecule has 0 spiro atoms. The predicted molar refractivity (Wildman–Crippen MR) is 142 cm³/mol. The zero-order chi connectivity index (χ0) is 24.6. The third-order valence-electron chi connectivity index (χ3n) is 6.53. The van der Waals surface area contributed by atoms with Gasteiger partial charge in [-0.2, -0.15) is 0 Å². The lowest BCUT2D eigenvalue weighted by atomic mass is 9.73. The van der Waals surface area contributed by atoms with Crippen molar-refractivity contribution in [2.24, 2.45) is 5.41 Å². The van der Waals surface area contributed by atoms with Gasteiger partial charge in [-0.1, -0.05) is 49.9 Å². The maximum absolute atomic E-state index is 13.5. The second-order valence-corrected chi connectivity index (χ2v) is 10.9. The Labute approximate surface area is 210 Å². The number of carbonyl (C=O) groups is 1. The number of hydrogen-bond acceptors (Lipinski definition) is 6. The van der Waals surface area contributed by atoms with Gasteiger partial charge in [-0.05, 0) is 59.9 Å². The minimum Gasteiger partial charge on any atom is -0.497 e. The van der Waals surface area contributed by atoms with Gasteiger partial charge in [0.05, 0.1) is 36.5 Å². The number of ether oxygens (including phenoxy) is 2. The van der Waals surface area contributed by atoms with Gasteiger partial charge in [0.25, 0.3) is 0 Å². The Balaban J connectivity index is 1.56. The van der Waals surface area contributed by atoms with E-state index in [1.165, 1.54) is 0 Å². The van der Waals surface area contributed by atoms with E-state index in [2.05, 4.69) is 48.7 Å². The lowest BCUT2D eigenvalue weighted by Crippen LogP contribution is -2.31. The van der Waals surface area contributed by atoms with Gasteiger partial charge in [-0.25, -0.2) is 0 Å². The predicted octanol–water partition coefficient (Wildman–Crippen LogP) is 7.08. The van der Waals surface area contributed by atoms with E-state index in [-0.39, 0.29) is 17.2 Å². The molecule has 0 saturated carbocycles. The molecule has 5 nitrogen and oxygen atoms in total. The van der Waals surface area contributed by atoms with Crippen LogP contribution in [0.15, 0.2) is 87.8 Å². The fourth-order valence-electron chi connectivity index (χ4n) is 4.86. The first-order valence-corrected chi connectivity index (χ1v) is 12.6. The van der Waals surface area contributed by atoms with Crippen LogP contribution in [0.2, 0.25) is 0 Å². The standard InChI is InChI=1S/C29H30N2O3S/c1-29(2)16-23-27(24(32)17-29)28(18-9-11-19(33-3)12-10-18)31-22-15-20(13-14-21(22)30-23)35-26-8-6-5-7-25(26)34-4/h5-15,28,30-31H,16-17H2,1-4H3. The summed E-state index contributed by atoms with van der Waals surface area (Å²) in [7, 11) is 3.35. The summed E-state index contributed by atoms with van der Waals surface area (Å²) in [6, 6.07) is 22.1. The molecule has 1 aliphatic carbocycles. The minimum atomic E-state index is -0.250. The van der Waals surface area contributed by atoms with Gasteiger partial charge in [0.2, 0.25) is 0 Å². The van der Waals surface area contributed by atoms with Crippen molar-refractivity contribution in [2.75, 3.05) is 24.9 Å². The molecule has 1 atom stereocenters. The molecule has 1 heterocycles. The van der Waals surface area contributed by atoms with E-state index in [4.69, 9.17) is 9.47 Å². The Morgan fingerprint density at radius 3 is 2.43 bits per heavy atom. The molecule has 0 amide bonds. The van der Waals surface area contributed by atoms with Gasteiger partial charge in [0.15, 0.2) is 5.78 Å².